The van der Waals surface area contributed by atoms with Crippen LogP contribution in [0, 0.1) is 5.92 Å². The van der Waals surface area contributed by atoms with Gasteiger partial charge in [-0.25, -0.2) is 0 Å². The number of halogens is 1. The lowest BCUT2D eigenvalue weighted by atomic mass is 10.1. The average molecular weight is 300 g/mol. The van der Waals surface area contributed by atoms with Gasteiger partial charge in [0.05, 0.1) is 0 Å². The third-order valence-electron chi connectivity index (χ3n) is 2.48. The van der Waals surface area contributed by atoms with Gasteiger partial charge in [0.25, 0.3) is 0 Å². The van der Waals surface area contributed by atoms with Crippen LogP contribution in [0.5, 0.6) is 0 Å². The van der Waals surface area contributed by atoms with E-state index in [2.05, 4.69) is 15.9 Å². The second-order valence-corrected chi connectivity index (χ2v) is 4.70. The van der Waals surface area contributed by atoms with Crippen LogP contribution in [0.3, 0.4) is 0 Å². The van der Waals surface area contributed by atoms with Crippen molar-refractivity contribution in [3.05, 3.63) is 34.3 Å². The molecule has 1 atom stereocenters. The number of hydrogen-bond donors (Lipinski definition) is 1. The van der Waals surface area contributed by atoms with Crippen LogP contribution < -0.4 is 0 Å². The molecule has 0 saturated heterocycles. The number of carbonyl (C=O) groups excluding carboxylic acids is 1. The first kappa shape index (κ1) is 13.7. The summed E-state index contributed by atoms with van der Waals surface area (Å²) in [4.78, 5) is 23.9. The Hall–Kier alpha value is -1.36. The van der Waals surface area contributed by atoms with E-state index in [9.17, 15) is 9.59 Å². The number of rotatable bonds is 4. The van der Waals surface area contributed by atoms with E-state index in [0.717, 1.165) is 10.0 Å². The van der Waals surface area contributed by atoms with Gasteiger partial charge >= 0.3 is 5.97 Å². The van der Waals surface area contributed by atoms with Crippen molar-refractivity contribution >= 4 is 27.8 Å². The fourth-order valence-electron chi connectivity index (χ4n) is 1.40. The molecule has 0 aliphatic heterocycles. The van der Waals surface area contributed by atoms with E-state index in [1.807, 2.05) is 24.3 Å². The van der Waals surface area contributed by atoms with E-state index < -0.39 is 17.8 Å². The van der Waals surface area contributed by atoms with Gasteiger partial charge in [-0.05, 0) is 18.6 Å². The van der Waals surface area contributed by atoms with Crippen molar-refractivity contribution in [2.24, 2.45) is 5.92 Å². The highest BCUT2D eigenvalue weighted by molar-refractivity contribution is 9.10. The Bertz CT molecular complexity index is 434. The Kier molecular flexibility index (Phi) is 4.69. The minimum Gasteiger partial charge on any atom is -0.481 e. The molecule has 1 aromatic rings. The molecule has 0 fully saturated rings. The molecule has 0 aromatic heterocycles. The van der Waals surface area contributed by atoms with Crippen molar-refractivity contribution in [3.63, 3.8) is 0 Å². The molecule has 17 heavy (non-hydrogen) atoms. The quantitative estimate of drug-likeness (QED) is 0.867. The van der Waals surface area contributed by atoms with Gasteiger partial charge in [-0.2, -0.15) is 0 Å². The van der Waals surface area contributed by atoms with Crippen molar-refractivity contribution in [3.8, 4) is 0 Å². The molecule has 92 valence electrons. The summed E-state index contributed by atoms with van der Waals surface area (Å²) in [5.74, 6) is -2.51. The minimum absolute atomic E-state index is 0.387. The molecule has 0 aliphatic carbocycles. The van der Waals surface area contributed by atoms with Crippen LogP contribution in [0.2, 0.25) is 0 Å². The highest BCUT2D eigenvalue weighted by Gasteiger charge is 2.24. The van der Waals surface area contributed by atoms with Crippen LogP contribution in [0.4, 0.5) is 0 Å². The monoisotopic (exact) mass is 299 g/mol. The SMILES string of the molecule is CC(C(=O)O)C(=O)N(C)Cc1ccccc1Br. The minimum atomic E-state index is -1.10. The maximum atomic E-state index is 11.7. The van der Waals surface area contributed by atoms with Crippen LogP contribution in [0.1, 0.15) is 12.5 Å². The largest absolute Gasteiger partial charge is 0.481 e. The van der Waals surface area contributed by atoms with Crippen LogP contribution in [0.25, 0.3) is 0 Å². The lowest BCUT2D eigenvalue weighted by Gasteiger charge is -2.20. The van der Waals surface area contributed by atoms with Crippen molar-refractivity contribution in [2.75, 3.05) is 7.05 Å². The number of nitrogens with zero attached hydrogens (tertiary/aromatic N) is 1. The molecular weight excluding hydrogens is 286 g/mol. The van der Waals surface area contributed by atoms with Gasteiger partial charge < -0.3 is 10.0 Å². The normalized spacial score (nSPS) is 11.9. The van der Waals surface area contributed by atoms with Crippen molar-refractivity contribution in [1.82, 2.24) is 4.90 Å². The molecular formula is C12H14BrNO3. The molecule has 1 aromatic carbocycles. The number of amides is 1. The molecule has 0 radical (unpaired) electrons. The molecule has 1 amide bonds. The third kappa shape index (κ3) is 3.56. The summed E-state index contributed by atoms with van der Waals surface area (Å²) in [6, 6.07) is 7.53. The van der Waals surface area contributed by atoms with Crippen molar-refractivity contribution in [2.45, 2.75) is 13.5 Å². The maximum absolute atomic E-state index is 11.7. The van der Waals surface area contributed by atoms with Gasteiger partial charge in [0.15, 0.2) is 0 Å². The van der Waals surface area contributed by atoms with E-state index in [1.165, 1.54) is 11.8 Å². The molecule has 1 unspecified atom stereocenters. The highest BCUT2D eigenvalue weighted by Crippen LogP contribution is 2.18. The number of hydrogen-bond acceptors (Lipinski definition) is 2. The summed E-state index contributed by atoms with van der Waals surface area (Å²) in [7, 11) is 1.60. The zero-order valence-corrected chi connectivity index (χ0v) is 11.3. The molecule has 1 N–H and O–H groups in total. The summed E-state index contributed by atoms with van der Waals surface area (Å²) < 4.78 is 0.905. The van der Waals surface area contributed by atoms with Gasteiger partial charge in [0, 0.05) is 18.1 Å². The molecule has 5 heteroatoms. The lowest BCUT2D eigenvalue weighted by molar-refractivity contribution is -0.149. The third-order valence-corrected chi connectivity index (χ3v) is 3.26. The molecule has 0 aliphatic rings. The average Bonchev–Trinajstić information content (AvgIpc) is 2.30. The Morgan fingerprint density at radius 2 is 2.00 bits per heavy atom. The van der Waals surface area contributed by atoms with Gasteiger partial charge in [0.1, 0.15) is 5.92 Å². The van der Waals surface area contributed by atoms with E-state index >= 15 is 0 Å². The van der Waals surface area contributed by atoms with E-state index in [4.69, 9.17) is 5.11 Å². The van der Waals surface area contributed by atoms with E-state index in [1.54, 1.807) is 7.05 Å². The fourth-order valence-corrected chi connectivity index (χ4v) is 1.81. The summed E-state index contributed by atoms with van der Waals surface area (Å²) >= 11 is 3.39. The van der Waals surface area contributed by atoms with Crippen LogP contribution >= 0.6 is 15.9 Å². The Morgan fingerprint density at radius 1 is 1.41 bits per heavy atom. The van der Waals surface area contributed by atoms with Gasteiger partial charge in [-0.1, -0.05) is 34.1 Å². The van der Waals surface area contributed by atoms with Crippen LogP contribution in [0.15, 0.2) is 28.7 Å². The highest BCUT2D eigenvalue weighted by atomic mass is 79.9. The van der Waals surface area contributed by atoms with Gasteiger partial charge in [0.2, 0.25) is 5.91 Å². The number of carboxylic acid groups (broad SMARTS) is 1. The molecule has 0 heterocycles. The van der Waals surface area contributed by atoms with E-state index in [-0.39, 0.29) is 0 Å². The predicted octanol–water partition coefficient (Wildman–Crippen LogP) is 2.13. The number of carbonyl (C=O) groups is 2. The van der Waals surface area contributed by atoms with Crippen LogP contribution in [-0.4, -0.2) is 28.9 Å². The zero-order chi connectivity index (χ0) is 13.0. The van der Waals surface area contributed by atoms with Gasteiger partial charge in [-0.15, -0.1) is 0 Å². The molecule has 0 spiro atoms. The first-order chi connectivity index (χ1) is 7.93. The maximum Gasteiger partial charge on any atom is 0.315 e. The topological polar surface area (TPSA) is 57.6 Å². The number of carboxylic acids is 1. The van der Waals surface area contributed by atoms with Gasteiger partial charge in [-0.3, -0.25) is 9.59 Å². The second kappa shape index (κ2) is 5.82. The second-order valence-electron chi connectivity index (χ2n) is 3.85. The molecule has 0 bridgehead atoms. The summed E-state index contributed by atoms with van der Waals surface area (Å²) in [5.41, 5.74) is 0.945. The summed E-state index contributed by atoms with van der Waals surface area (Å²) in [5, 5.41) is 8.77. The first-order valence-electron chi connectivity index (χ1n) is 5.14. The molecule has 4 nitrogen and oxygen atoms in total. The van der Waals surface area contributed by atoms with E-state index in [0.29, 0.717) is 6.54 Å². The zero-order valence-electron chi connectivity index (χ0n) is 9.68. The summed E-state index contributed by atoms with van der Waals surface area (Å²) in [6.07, 6.45) is 0. The number of benzene rings is 1. The molecule has 0 saturated carbocycles. The van der Waals surface area contributed by atoms with Crippen LogP contribution in [-0.2, 0) is 16.1 Å². The van der Waals surface area contributed by atoms with Crippen molar-refractivity contribution in [1.29, 1.82) is 0 Å². The van der Waals surface area contributed by atoms with Crippen molar-refractivity contribution < 1.29 is 14.7 Å². The Morgan fingerprint density at radius 3 is 2.53 bits per heavy atom. The number of aliphatic carboxylic acids is 1. The Labute approximate surface area is 108 Å². The first-order valence-corrected chi connectivity index (χ1v) is 5.94. The lowest BCUT2D eigenvalue weighted by Crippen LogP contribution is -2.35. The molecule has 1 rings (SSSR count). The Balaban J connectivity index is 2.73. The fraction of sp³-hybridized carbons (Fsp3) is 0.333. The predicted molar refractivity (Wildman–Crippen MR) is 67.4 cm³/mol. The smallest absolute Gasteiger partial charge is 0.315 e. The standard InChI is InChI=1S/C12H14BrNO3/c1-8(12(16)17)11(15)14(2)7-9-5-3-4-6-10(9)13/h3-6,8H,7H2,1-2H3,(H,16,17). The summed E-state index contributed by atoms with van der Waals surface area (Å²) in [6.45, 7) is 1.78.